The molecule has 5 fully saturated rings. The normalized spacial score (nSPS) is 54.3. The molecule has 1 spiro atoms. The van der Waals surface area contributed by atoms with Crippen LogP contribution in [-0.4, -0.2) is 30.1 Å². The van der Waals surface area contributed by atoms with Crippen molar-refractivity contribution in [3.05, 3.63) is 11.1 Å². The number of carbonyl (C=O) groups excluding carboxylic acids is 1. The van der Waals surface area contributed by atoms with Gasteiger partial charge in [-0.3, -0.25) is 4.79 Å². The predicted octanol–water partition coefficient (Wildman–Crippen LogP) is 5.68. The monoisotopic (exact) mass is 425 g/mol. The van der Waals surface area contributed by atoms with Gasteiger partial charge < -0.3 is 10.1 Å². The van der Waals surface area contributed by atoms with E-state index in [2.05, 4.69) is 33.0 Å². The third-order valence-corrected chi connectivity index (χ3v) is 11.4. The van der Waals surface area contributed by atoms with Crippen molar-refractivity contribution in [2.24, 2.45) is 40.9 Å². The van der Waals surface area contributed by atoms with Crippen LogP contribution in [-0.2, 0) is 9.53 Å². The highest BCUT2D eigenvalue weighted by Crippen LogP contribution is 2.65. The Hall–Kier alpha value is -0.670. The number of ketones is 1. The number of fused-ring (bicyclic) bond motifs is 6. The van der Waals surface area contributed by atoms with Crippen LogP contribution in [0.4, 0.5) is 0 Å². The molecule has 0 bridgehead atoms. The Bertz CT molecular complexity index is 803. The Kier molecular flexibility index (Phi) is 4.83. The zero-order valence-corrected chi connectivity index (χ0v) is 20.2. The molecule has 2 saturated heterocycles. The Morgan fingerprint density at radius 3 is 2.77 bits per heavy atom. The van der Waals surface area contributed by atoms with Crippen LogP contribution < -0.4 is 5.32 Å². The smallest absolute Gasteiger partial charge is 0.133 e. The molecule has 3 nitrogen and oxygen atoms in total. The summed E-state index contributed by atoms with van der Waals surface area (Å²) in [7, 11) is 0. The van der Waals surface area contributed by atoms with Crippen LogP contribution in [0.5, 0.6) is 0 Å². The number of allylic oxidation sites excluding steroid dienone is 1. The average Bonchev–Trinajstić information content (AvgIpc) is 3.19. The lowest BCUT2D eigenvalue weighted by Crippen LogP contribution is -2.48. The van der Waals surface area contributed by atoms with E-state index in [0.29, 0.717) is 35.2 Å². The molecule has 0 radical (unpaired) electrons. The van der Waals surface area contributed by atoms with Gasteiger partial charge in [-0.2, -0.15) is 0 Å². The largest absolute Gasteiger partial charge is 0.369 e. The second-order valence-corrected chi connectivity index (χ2v) is 12.9. The maximum Gasteiger partial charge on any atom is 0.133 e. The third kappa shape index (κ3) is 3.01. The van der Waals surface area contributed by atoms with Gasteiger partial charge >= 0.3 is 0 Å². The maximum atomic E-state index is 12.2. The van der Waals surface area contributed by atoms with Crippen LogP contribution in [0.15, 0.2) is 11.1 Å². The Balaban J connectivity index is 1.28. The second-order valence-electron chi connectivity index (χ2n) is 12.9. The number of nitrogens with one attached hydrogen (secondary N) is 1. The first-order valence-electron chi connectivity index (χ1n) is 13.4. The molecule has 10 atom stereocenters. The quantitative estimate of drug-likeness (QED) is 0.507. The van der Waals surface area contributed by atoms with Crippen LogP contribution in [0, 0.1) is 40.9 Å². The fourth-order valence-corrected chi connectivity index (χ4v) is 9.61. The van der Waals surface area contributed by atoms with E-state index in [9.17, 15) is 4.79 Å². The van der Waals surface area contributed by atoms with Gasteiger partial charge in [-0.15, -0.1) is 0 Å². The number of Topliss-reactive ketones (excluding diaryl/α,β-unsaturated/α-hetero) is 1. The van der Waals surface area contributed by atoms with Gasteiger partial charge in [0.1, 0.15) is 5.78 Å². The summed E-state index contributed by atoms with van der Waals surface area (Å²) < 4.78 is 7.01. The summed E-state index contributed by atoms with van der Waals surface area (Å²) in [5, 5.41) is 3.85. The average molecular weight is 426 g/mol. The third-order valence-electron chi connectivity index (χ3n) is 11.4. The van der Waals surface area contributed by atoms with Gasteiger partial charge in [-0.05, 0) is 99.8 Å². The molecule has 0 aromatic rings. The molecule has 6 aliphatic rings. The van der Waals surface area contributed by atoms with Crippen molar-refractivity contribution in [3.8, 4) is 0 Å². The molecule has 2 aliphatic heterocycles. The lowest BCUT2D eigenvalue weighted by atomic mass is 9.52. The SMILES string of the molecule is CC1=C2C[C@H]3[C@@H](CC[C@@H]4CC(=O)CC[C@@]43C)[C@@H]2CCC2(C1)O[C@@H]1C[C@H](C)CN[C@H]1[C@H]2C. The summed E-state index contributed by atoms with van der Waals surface area (Å²) >= 11 is 0. The van der Waals surface area contributed by atoms with Crippen molar-refractivity contribution in [1.82, 2.24) is 5.32 Å². The van der Waals surface area contributed by atoms with Gasteiger partial charge in [0.2, 0.25) is 0 Å². The first-order valence-corrected chi connectivity index (χ1v) is 13.4. The van der Waals surface area contributed by atoms with E-state index in [0.717, 1.165) is 55.9 Å². The second kappa shape index (κ2) is 7.16. The highest BCUT2D eigenvalue weighted by Gasteiger charge is 2.59. The van der Waals surface area contributed by atoms with Gasteiger partial charge in [0.25, 0.3) is 0 Å². The summed E-state index contributed by atoms with van der Waals surface area (Å²) in [6.45, 7) is 11.0. The van der Waals surface area contributed by atoms with E-state index in [1.807, 2.05) is 5.57 Å². The number of carbonyl (C=O) groups is 1. The highest BCUT2D eigenvalue weighted by molar-refractivity contribution is 5.79. The molecular formula is C28H43NO2. The lowest BCUT2D eigenvalue weighted by molar-refractivity contribution is -0.129. The van der Waals surface area contributed by atoms with Crippen molar-refractivity contribution in [1.29, 1.82) is 0 Å². The minimum absolute atomic E-state index is 0.0572. The molecule has 1 N–H and O–H groups in total. The van der Waals surface area contributed by atoms with Crippen LogP contribution in [0.2, 0.25) is 0 Å². The molecule has 31 heavy (non-hydrogen) atoms. The van der Waals surface area contributed by atoms with Crippen molar-refractivity contribution in [2.45, 2.75) is 110 Å². The molecule has 0 aromatic carbocycles. The standard InChI is InChI=1S/C28H43NO2/c1-16-11-25-26(29-15-16)18(3)28(31-25)10-8-21-22-6-5-19-12-20(30)7-9-27(19,4)24(22)13-23(21)17(2)14-28/h16,18-19,21-22,24-26,29H,5-15H2,1-4H3/t16-,18+,19+,21-,22-,24-,25+,26-,27-,28?/m0/s1. The number of hydrogen-bond acceptors (Lipinski definition) is 3. The van der Waals surface area contributed by atoms with E-state index >= 15 is 0 Å². The topological polar surface area (TPSA) is 38.3 Å². The molecule has 2 heterocycles. The summed E-state index contributed by atoms with van der Waals surface area (Å²) in [6.07, 6.45) is 12.2. The Morgan fingerprint density at radius 2 is 1.94 bits per heavy atom. The van der Waals surface area contributed by atoms with E-state index < -0.39 is 0 Å². The molecule has 0 amide bonds. The summed E-state index contributed by atoms with van der Waals surface area (Å²) in [5.74, 6) is 4.97. The van der Waals surface area contributed by atoms with Crippen molar-refractivity contribution >= 4 is 5.78 Å². The predicted molar refractivity (Wildman–Crippen MR) is 124 cm³/mol. The molecule has 4 aliphatic carbocycles. The fourth-order valence-electron chi connectivity index (χ4n) is 9.61. The van der Waals surface area contributed by atoms with Crippen LogP contribution >= 0.6 is 0 Å². The zero-order valence-electron chi connectivity index (χ0n) is 20.2. The van der Waals surface area contributed by atoms with Crippen molar-refractivity contribution in [3.63, 3.8) is 0 Å². The first-order chi connectivity index (χ1) is 14.8. The van der Waals surface area contributed by atoms with E-state index in [-0.39, 0.29) is 5.60 Å². The summed E-state index contributed by atoms with van der Waals surface area (Å²) in [5.41, 5.74) is 3.95. The number of ether oxygens (including phenoxy) is 1. The van der Waals surface area contributed by atoms with E-state index in [1.54, 1.807) is 5.57 Å². The Labute approximate surface area is 189 Å². The Morgan fingerprint density at radius 1 is 1.10 bits per heavy atom. The molecular weight excluding hydrogens is 382 g/mol. The number of rotatable bonds is 0. The lowest BCUT2D eigenvalue weighted by Gasteiger charge is -2.52. The fraction of sp³-hybridized carbons (Fsp3) is 0.893. The van der Waals surface area contributed by atoms with Gasteiger partial charge in [0.15, 0.2) is 0 Å². The van der Waals surface area contributed by atoms with Crippen molar-refractivity contribution < 1.29 is 9.53 Å². The van der Waals surface area contributed by atoms with Crippen LogP contribution in [0.1, 0.15) is 91.9 Å². The van der Waals surface area contributed by atoms with Crippen molar-refractivity contribution in [2.75, 3.05) is 6.54 Å². The van der Waals surface area contributed by atoms with Gasteiger partial charge in [0, 0.05) is 24.8 Å². The van der Waals surface area contributed by atoms with Crippen LogP contribution in [0.3, 0.4) is 0 Å². The molecule has 3 heteroatoms. The summed E-state index contributed by atoms with van der Waals surface area (Å²) in [4.78, 5) is 12.2. The molecule has 172 valence electrons. The molecule has 3 saturated carbocycles. The highest BCUT2D eigenvalue weighted by atomic mass is 16.5. The van der Waals surface area contributed by atoms with Crippen LogP contribution in [0.25, 0.3) is 0 Å². The maximum absolute atomic E-state index is 12.2. The zero-order chi connectivity index (χ0) is 21.5. The van der Waals surface area contributed by atoms with Gasteiger partial charge in [-0.25, -0.2) is 0 Å². The minimum atomic E-state index is 0.0572. The van der Waals surface area contributed by atoms with Gasteiger partial charge in [0.05, 0.1) is 11.7 Å². The van der Waals surface area contributed by atoms with Gasteiger partial charge in [-0.1, -0.05) is 31.9 Å². The van der Waals surface area contributed by atoms with E-state index in [1.165, 1.54) is 38.5 Å². The molecule has 6 rings (SSSR count). The first kappa shape index (κ1) is 20.9. The minimum Gasteiger partial charge on any atom is -0.369 e. The van der Waals surface area contributed by atoms with E-state index in [4.69, 9.17) is 4.74 Å². The number of hydrogen-bond donors (Lipinski definition) is 1. The molecule has 0 aromatic heterocycles. The number of piperidine rings is 1. The summed E-state index contributed by atoms with van der Waals surface area (Å²) in [6, 6.07) is 0.550. The molecule has 1 unspecified atom stereocenters.